The number of nitrogens with one attached hydrogen (secondary N) is 2. The molecule has 4 aliphatic rings. The molecule has 2 amide bonds. The van der Waals surface area contributed by atoms with Gasteiger partial charge in [0.1, 0.15) is 11.6 Å². The number of alkyl halides is 3. The van der Waals surface area contributed by atoms with E-state index < -0.39 is 17.0 Å². The van der Waals surface area contributed by atoms with E-state index in [9.17, 15) is 28.0 Å². The summed E-state index contributed by atoms with van der Waals surface area (Å²) in [6.07, 6.45) is 6.90. The number of nitriles is 1. The van der Waals surface area contributed by atoms with Gasteiger partial charge in [0.25, 0.3) is 5.91 Å². The normalized spacial score (nSPS) is 36.8. The third-order valence-electron chi connectivity index (χ3n) is 8.25. The van der Waals surface area contributed by atoms with Crippen molar-refractivity contribution in [1.82, 2.24) is 10.2 Å². The zero-order valence-corrected chi connectivity index (χ0v) is 19.6. The summed E-state index contributed by atoms with van der Waals surface area (Å²) in [6, 6.07) is 2.21. The molecular weight excluding hydrogens is 445 g/mol. The van der Waals surface area contributed by atoms with Gasteiger partial charge in [-0.3, -0.25) is 14.5 Å². The third-order valence-corrected chi connectivity index (χ3v) is 8.25. The smallest absolute Gasteiger partial charge is 0.355 e. The van der Waals surface area contributed by atoms with E-state index in [1.807, 2.05) is 6.08 Å². The quantitative estimate of drug-likeness (QED) is 0.352. The van der Waals surface area contributed by atoms with Crippen LogP contribution in [0.5, 0.6) is 0 Å². The number of hydrogen-bond acceptors (Lipinski definition) is 3. The zero-order valence-electron chi connectivity index (χ0n) is 19.6. The lowest BCUT2D eigenvalue weighted by molar-refractivity contribution is -1.00. The lowest BCUT2D eigenvalue weighted by atomic mass is 9.81. The number of rotatable bonds is 6. The molecule has 1 aliphatic heterocycles. The molecule has 2 N–H and O–H groups in total. The number of quaternary nitrogens is 1. The minimum Gasteiger partial charge on any atom is -0.355 e. The molecule has 1 heterocycles. The highest BCUT2D eigenvalue weighted by atomic mass is 19.4. The van der Waals surface area contributed by atoms with Crippen LogP contribution in [0.4, 0.5) is 13.2 Å². The molecule has 0 radical (unpaired) electrons. The van der Waals surface area contributed by atoms with Gasteiger partial charge in [0, 0.05) is 31.3 Å². The molecule has 2 fully saturated rings. The van der Waals surface area contributed by atoms with Gasteiger partial charge in [-0.15, -0.1) is 0 Å². The van der Waals surface area contributed by atoms with E-state index in [4.69, 9.17) is 0 Å². The van der Waals surface area contributed by atoms with Gasteiger partial charge >= 0.3 is 6.18 Å². The van der Waals surface area contributed by atoms with Gasteiger partial charge < -0.3 is 10.2 Å². The van der Waals surface area contributed by atoms with E-state index in [-0.39, 0.29) is 29.6 Å². The second kappa shape index (κ2) is 8.12. The summed E-state index contributed by atoms with van der Waals surface area (Å²) in [5.74, 6) is -0.353. The first-order valence-electron chi connectivity index (χ1n) is 11.6. The SMILES string of the molecule is CNC(=O)/C(=C(/C)N(C=O)C1=CC(C)(C(F)(F)F)CC=C1)C1CC[NH+]1C12C=CC(C#N)(CC1)C2. The van der Waals surface area contributed by atoms with E-state index in [1.165, 1.54) is 24.1 Å². The van der Waals surface area contributed by atoms with Gasteiger partial charge in [0.15, 0.2) is 0 Å². The van der Waals surface area contributed by atoms with Crippen LogP contribution in [0, 0.1) is 22.2 Å². The van der Waals surface area contributed by atoms with Crippen LogP contribution in [-0.2, 0) is 9.59 Å². The summed E-state index contributed by atoms with van der Waals surface area (Å²) >= 11 is 0. The number of halogens is 3. The number of amides is 2. The van der Waals surface area contributed by atoms with Gasteiger partial charge in [-0.05, 0) is 44.9 Å². The first-order valence-corrected chi connectivity index (χ1v) is 11.6. The average molecular weight is 476 g/mol. The maximum absolute atomic E-state index is 13.7. The van der Waals surface area contributed by atoms with E-state index in [1.54, 1.807) is 6.92 Å². The fraction of sp³-hybridized carbons (Fsp3) is 0.560. The molecule has 4 rings (SSSR count). The number of fused-ring (bicyclic) bond motifs is 2. The molecule has 2 bridgehead atoms. The zero-order chi connectivity index (χ0) is 24.9. The third kappa shape index (κ3) is 3.59. The van der Waals surface area contributed by atoms with Crippen molar-refractivity contribution in [3.8, 4) is 6.07 Å². The molecule has 0 aromatic heterocycles. The van der Waals surface area contributed by atoms with E-state index in [0.717, 1.165) is 37.3 Å². The highest BCUT2D eigenvalue weighted by Crippen LogP contribution is 2.50. The van der Waals surface area contributed by atoms with Crippen LogP contribution in [0.15, 0.2) is 47.3 Å². The fourth-order valence-electron chi connectivity index (χ4n) is 6.03. The summed E-state index contributed by atoms with van der Waals surface area (Å²) in [5.41, 5.74) is -1.96. The van der Waals surface area contributed by atoms with Gasteiger partial charge in [-0.2, -0.15) is 18.4 Å². The molecular formula is C25H30F3N4O2+. The van der Waals surface area contributed by atoms with Crippen molar-refractivity contribution in [2.45, 2.75) is 63.7 Å². The summed E-state index contributed by atoms with van der Waals surface area (Å²) in [6.45, 7) is 3.53. The van der Waals surface area contributed by atoms with Crippen LogP contribution >= 0.6 is 0 Å². The largest absolute Gasteiger partial charge is 0.397 e. The number of likely N-dealkylation sites (tertiary alicyclic amines) is 1. The number of allylic oxidation sites excluding steroid dienone is 5. The second-order valence-corrected chi connectivity index (χ2v) is 10.2. The molecule has 0 aromatic carbocycles. The molecule has 0 spiro atoms. The van der Waals surface area contributed by atoms with Gasteiger partial charge in [-0.1, -0.05) is 12.2 Å². The standard InChI is InChI=1S/C25H29F3N4O2/c1-17(31(16-33)18-5-4-7-22(2,13-18)25(26,27)28)20(21(34)30-3)19-6-12-32(19)24-10-8-23(14-24,15-29)9-11-24/h4-5,8,10,13,16,19H,6-7,9,11-12,14H2,1-3H3,(H,30,34)/p+1/b20-17-. The molecule has 34 heavy (non-hydrogen) atoms. The van der Waals surface area contributed by atoms with Crippen molar-refractivity contribution in [2.75, 3.05) is 13.6 Å². The highest BCUT2D eigenvalue weighted by Gasteiger charge is 2.61. The number of likely N-dealkylation sites (N-methyl/N-ethyl adjacent to an activating group) is 1. The number of nitrogens with zero attached hydrogens (tertiary/aromatic N) is 2. The molecule has 182 valence electrons. The lowest BCUT2D eigenvalue weighted by Crippen LogP contribution is -3.28. The number of carbonyl (C=O) groups is 2. The van der Waals surface area contributed by atoms with Crippen molar-refractivity contribution < 1.29 is 27.7 Å². The maximum Gasteiger partial charge on any atom is 0.397 e. The van der Waals surface area contributed by atoms with Crippen LogP contribution < -0.4 is 10.2 Å². The Kier molecular flexibility index (Phi) is 5.80. The Balaban J connectivity index is 1.71. The molecule has 9 heteroatoms. The molecule has 1 saturated heterocycles. The van der Waals surface area contributed by atoms with Crippen LogP contribution in [0.2, 0.25) is 0 Å². The minimum atomic E-state index is -4.47. The average Bonchev–Trinajstić information content (AvgIpc) is 3.33. The molecule has 5 unspecified atom stereocenters. The minimum absolute atomic E-state index is 0.101. The topological polar surface area (TPSA) is 77.6 Å². The van der Waals surface area contributed by atoms with E-state index in [0.29, 0.717) is 30.5 Å². The Morgan fingerprint density at radius 2 is 2.09 bits per heavy atom. The summed E-state index contributed by atoms with van der Waals surface area (Å²) < 4.78 is 41.0. The molecule has 5 atom stereocenters. The Hall–Kier alpha value is -2.86. The fourth-order valence-corrected chi connectivity index (χ4v) is 6.03. The lowest BCUT2D eigenvalue weighted by Gasteiger charge is -2.48. The van der Waals surface area contributed by atoms with E-state index in [2.05, 4.69) is 17.5 Å². The Labute approximate surface area is 197 Å². The Morgan fingerprint density at radius 1 is 1.35 bits per heavy atom. The van der Waals surface area contributed by atoms with Crippen molar-refractivity contribution >= 4 is 12.3 Å². The van der Waals surface area contributed by atoms with E-state index >= 15 is 0 Å². The van der Waals surface area contributed by atoms with Crippen LogP contribution in [0.3, 0.4) is 0 Å². The molecule has 3 aliphatic carbocycles. The Morgan fingerprint density at radius 3 is 2.56 bits per heavy atom. The van der Waals surface area contributed by atoms with Crippen LogP contribution in [-0.4, -0.2) is 48.6 Å². The number of carbonyl (C=O) groups excluding carboxylic acids is 2. The summed E-state index contributed by atoms with van der Waals surface area (Å²) in [4.78, 5) is 27.5. The van der Waals surface area contributed by atoms with Crippen molar-refractivity contribution in [3.63, 3.8) is 0 Å². The van der Waals surface area contributed by atoms with Crippen LogP contribution in [0.25, 0.3) is 0 Å². The van der Waals surface area contributed by atoms with Gasteiger partial charge in [-0.25, -0.2) is 0 Å². The van der Waals surface area contributed by atoms with Crippen molar-refractivity contribution in [1.29, 1.82) is 5.26 Å². The summed E-state index contributed by atoms with van der Waals surface area (Å²) in [7, 11) is 1.50. The maximum atomic E-state index is 13.7. The second-order valence-electron chi connectivity index (χ2n) is 10.2. The highest BCUT2D eigenvalue weighted by molar-refractivity contribution is 5.95. The first kappa shape index (κ1) is 24.3. The van der Waals surface area contributed by atoms with Gasteiger partial charge in [0.2, 0.25) is 6.41 Å². The Bertz CT molecular complexity index is 1070. The molecule has 6 nitrogen and oxygen atoms in total. The molecule has 1 saturated carbocycles. The predicted octanol–water partition coefficient (Wildman–Crippen LogP) is 2.54. The number of hydrogen-bond donors (Lipinski definition) is 2. The summed E-state index contributed by atoms with van der Waals surface area (Å²) in [5, 5.41) is 12.3. The first-order chi connectivity index (χ1) is 15.9. The van der Waals surface area contributed by atoms with Gasteiger partial charge in [0.05, 0.1) is 35.4 Å². The van der Waals surface area contributed by atoms with Crippen molar-refractivity contribution in [3.05, 3.63) is 47.3 Å². The van der Waals surface area contributed by atoms with Crippen LogP contribution in [0.1, 0.15) is 46.0 Å². The predicted molar refractivity (Wildman–Crippen MR) is 119 cm³/mol. The van der Waals surface area contributed by atoms with Crippen molar-refractivity contribution in [2.24, 2.45) is 10.8 Å². The molecule has 0 aromatic rings. The monoisotopic (exact) mass is 475 g/mol.